The van der Waals surface area contributed by atoms with Crippen molar-refractivity contribution in [2.24, 2.45) is 0 Å². The van der Waals surface area contributed by atoms with Crippen LogP contribution in [-0.2, 0) is 6.42 Å². The third kappa shape index (κ3) is 5.62. The first kappa shape index (κ1) is 22.2. The van der Waals surface area contributed by atoms with Crippen LogP contribution in [0.15, 0.2) is 65.2 Å². The fourth-order valence-electron chi connectivity index (χ4n) is 4.46. The van der Waals surface area contributed by atoms with E-state index in [1.54, 1.807) is 0 Å². The van der Waals surface area contributed by atoms with Gasteiger partial charge in [0, 0.05) is 36.7 Å². The molecule has 6 nitrogen and oxygen atoms in total. The average molecular weight is 433 g/mol. The van der Waals surface area contributed by atoms with Gasteiger partial charge in [-0.1, -0.05) is 60.6 Å². The molecule has 3 aromatic rings. The second kappa shape index (κ2) is 11.0. The summed E-state index contributed by atoms with van der Waals surface area (Å²) in [5.41, 5.74) is 1.76. The van der Waals surface area contributed by atoms with Gasteiger partial charge in [0.25, 0.3) is 5.91 Å². The van der Waals surface area contributed by atoms with E-state index in [-0.39, 0.29) is 5.91 Å². The first-order valence-corrected chi connectivity index (χ1v) is 11.7. The average Bonchev–Trinajstić information content (AvgIpc) is 3.33. The van der Waals surface area contributed by atoms with Crippen molar-refractivity contribution < 1.29 is 9.32 Å². The van der Waals surface area contributed by atoms with Crippen molar-refractivity contribution in [3.8, 4) is 11.4 Å². The van der Waals surface area contributed by atoms with E-state index in [4.69, 9.17) is 4.52 Å². The molecule has 0 unspecified atom stereocenters. The van der Waals surface area contributed by atoms with E-state index in [0.717, 1.165) is 69.4 Å². The minimum absolute atomic E-state index is 0.150. The Hall–Kier alpha value is -2.99. The molecule has 1 aliphatic heterocycles. The zero-order chi connectivity index (χ0) is 22.2. The molecular weight excluding hydrogens is 400 g/mol. The summed E-state index contributed by atoms with van der Waals surface area (Å²) in [6.45, 7) is 5.96. The largest absolute Gasteiger partial charge is 0.339 e. The Labute approximate surface area is 190 Å². The lowest BCUT2D eigenvalue weighted by molar-refractivity contribution is 0.0616. The van der Waals surface area contributed by atoms with E-state index in [9.17, 15) is 4.79 Å². The van der Waals surface area contributed by atoms with Crippen molar-refractivity contribution in [1.29, 1.82) is 0 Å². The molecular formula is C26H32N4O2. The molecule has 2 aromatic carbocycles. The molecule has 0 saturated carbocycles. The van der Waals surface area contributed by atoms with E-state index < -0.39 is 0 Å². The van der Waals surface area contributed by atoms with Gasteiger partial charge >= 0.3 is 0 Å². The second-order valence-electron chi connectivity index (χ2n) is 8.41. The number of benzene rings is 2. The number of hydrogen-bond acceptors (Lipinski definition) is 5. The van der Waals surface area contributed by atoms with Crippen LogP contribution in [0.25, 0.3) is 11.4 Å². The predicted octanol–water partition coefficient (Wildman–Crippen LogP) is 4.69. The topological polar surface area (TPSA) is 62.5 Å². The summed E-state index contributed by atoms with van der Waals surface area (Å²) in [6, 6.07) is 20.1. The molecule has 1 aromatic heterocycles. The number of aromatic nitrogens is 2. The molecule has 0 aliphatic carbocycles. The maximum atomic E-state index is 12.7. The Balaban J connectivity index is 1.26. The zero-order valence-corrected chi connectivity index (χ0v) is 18.8. The van der Waals surface area contributed by atoms with Crippen molar-refractivity contribution in [3.63, 3.8) is 0 Å². The number of aryl methyl sites for hydroxylation is 1. The molecule has 168 valence electrons. The molecule has 0 atom stereocenters. The lowest BCUT2D eigenvalue weighted by Crippen LogP contribution is -2.47. The van der Waals surface area contributed by atoms with Crippen LogP contribution in [0.5, 0.6) is 0 Å². The summed E-state index contributed by atoms with van der Waals surface area (Å²) >= 11 is 0. The number of nitrogens with zero attached hydrogens (tertiary/aromatic N) is 4. The SMILES string of the molecule is CCCN(CCCc1nc(-c2ccccc2)no1)C1CCN(C(=O)c2ccccc2)CC1. The van der Waals surface area contributed by atoms with E-state index in [1.165, 1.54) is 0 Å². The number of piperidine rings is 1. The summed E-state index contributed by atoms with van der Waals surface area (Å²) in [6.07, 6.45) is 4.95. The molecule has 0 radical (unpaired) electrons. The smallest absolute Gasteiger partial charge is 0.253 e. The van der Waals surface area contributed by atoms with Crippen LogP contribution in [0, 0.1) is 0 Å². The minimum atomic E-state index is 0.150. The van der Waals surface area contributed by atoms with Crippen LogP contribution >= 0.6 is 0 Å². The lowest BCUT2D eigenvalue weighted by atomic mass is 10.0. The Morgan fingerprint density at radius 3 is 2.41 bits per heavy atom. The van der Waals surface area contributed by atoms with Crippen LogP contribution in [0.4, 0.5) is 0 Å². The fraction of sp³-hybridized carbons (Fsp3) is 0.423. The zero-order valence-electron chi connectivity index (χ0n) is 18.8. The normalized spacial score (nSPS) is 14.8. The van der Waals surface area contributed by atoms with Gasteiger partial charge in [-0.3, -0.25) is 4.79 Å². The highest BCUT2D eigenvalue weighted by atomic mass is 16.5. The Morgan fingerprint density at radius 1 is 1.03 bits per heavy atom. The number of rotatable bonds is 9. The van der Waals surface area contributed by atoms with Crippen LogP contribution < -0.4 is 0 Å². The van der Waals surface area contributed by atoms with Crippen LogP contribution in [-0.4, -0.2) is 58.1 Å². The molecule has 1 aliphatic rings. The number of amides is 1. The third-order valence-corrected chi connectivity index (χ3v) is 6.14. The van der Waals surface area contributed by atoms with Crippen molar-refractivity contribution >= 4 is 5.91 Å². The van der Waals surface area contributed by atoms with Gasteiger partial charge in [-0.2, -0.15) is 4.98 Å². The third-order valence-electron chi connectivity index (χ3n) is 6.14. The van der Waals surface area contributed by atoms with Crippen molar-refractivity contribution in [1.82, 2.24) is 19.9 Å². The number of likely N-dealkylation sites (tertiary alicyclic amines) is 1. The highest BCUT2D eigenvalue weighted by Crippen LogP contribution is 2.20. The van der Waals surface area contributed by atoms with E-state index in [1.807, 2.05) is 65.6 Å². The molecule has 1 saturated heterocycles. The summed E-state index contributed by atoms with van der Waals surface area (Å²) < 4.78 is 5.46. The number of hydrogen-bond donors (Lipinski definition) is 0. The van der Waals surface area contributed by atoms with Gasteiger partial charge in [0.15, 0.2) is 0 Å². The summed E-state index contributed by atoms with van der Waals surface area (Å²) in [4.78, 5) is 21.9. The monoisotopic (exact) mass is 432 g/mol. The Bertz CT molecular complexity index is 966. The highest BCUT2D eigenvalue weighted by molar-refractivity contribution is 5.94. The molecule has 2 heterocycles. The highest BCUT2D eigenvalue weighted by Gasteiger charge is 2.27. The summed E-state index contributed by atoms with van der Waals surface area (Å²) in [7, 11) is 0. The van der Waals surface area contributed by atoms with E-state index in [2.05, 4.69) is 22.0 Å². The molecule has 1 amide bonds. The molecule has 1 fully saturated rings. The summed E-state index contributed by atoms with van der Waals surface area (Å²) in [5, 5.41) is 4.12. The van der Waals surface area contributed by atoms with Crippen LogP contribution in [0.1, 0.15) is 48.9 Å². The van der Waals surface area contributed by atoms with Gasteiger partial charge in [-0.05, 0) is 50.9 Å². The van der Waals surface area contributed by atoms with Crippen LogP contribution in [0.3, 0.4) is 0 Å². The molecule has 4 rings (SSSR count). The minimum Gasteiger partial charge on any atom is -0.339 e. The van der Waals surface area contributed by atoms with Gasteiger partial charge in [-0.25, -0.2) is 0 Å². The summed E-state index contributed by atoms with van der Waals surface area (Å²) in [5.74, 6) is 1.50. The first-order valence-electron chi connectivity index (χ1n) is 11.7. The molecule has 0 spiro atoms. The van der Waals surface area contributed by atoms with Crippen molar-refractivity contribution in [2.45, 2.75) is 45.1 Å². The molecule has 0 bridgehead atoms. The second-order valence-corrected chi connectivity index (χ2v) is 8.41. The first-order chi connectivity index (χ1) is 15.7. The van der Waals surface area contributed by atoms with Crippen molar-refractivity contribution in [3.05, 3.63) is 72.1 Å². The number of carbonyl (C=O) groups is 1. The molecule has 0 N–H and O–H groups in total. The Kier molecular flexibility index (Phi) is 7.67. The number of carbonyl (C=O) groups excluding carboxylic acids is 1. The maximum Gasteiger partial charge on any atom is 0.253 e. The van der Waals surface area contributed by atoms with Gasteiger partial charge in [-0.15, -0.1) is 0 Å². The van der Waals surface area contributed by atoms with Gasteiger partial charge in [0.1, 0.15) is 0 Å². The molecule has 6 heteroatoms. The van der Waals surface area contributed by atoms with Crippen LogP contribution in [0.2, 0.25) is 0 Å². The maximum absolute atomic E-state index is 12.7. The van der Waals surface area contributed by atoms with Gasteiger partial charge in [0.05, 0.1) is 0 Å². The van der Waals surface area contributed by atoms with Gasteiger partial charge in [0.2, 0.25) is 11.7 Å². The lowest BCUT2D eigenvalue weighted by Gasteiger charge is -2.38. The van der Waals surface area contributed by atoms with E-state index in [0.29, 0.717) is 17.8 Å². The predicted molar refractivity (Wildman–Crippen MR) is 125 cm³/mol. The quantitative estimate of drug-likeness (QED) is 0.491. The standard InChI is InChI=1S/C26H32N4O2/c1-2-17-29(18-9-14-24-27-25(28-32-24)21-10-5-3-6-11-21)23-15-19-30(20-16-23)26(31)22-12-7-4-8-13-22/h3-8,10-13,23H,2,9,14-20H2,1H3. The van der Waals surface area contributed by atoms with Crippen molar-refractivity contribution in [2.75, 3.05) is 26.2 Å². The van der Waals surface area contributed by atoms with E-state index >= 15 is 0 Å². The Morgan fingerprint density at radius 2 is 1.72 bits per heavy atom. The fourth-order valence-corrected chi connectivity index (χ4v) is 4.46. The van der Waals surface area contributed by atoms with Gasteiger partial charge < -0.3 is 14.3 Å². The molecule has 32 heavy (non-hydrogen) atoms.